The predicted octanol–water partition coefficient (Wildman–Crippen LogP) is 2.18. The van der Waals surface area contributed by atoms with Crippen LogP contribution in [0, 0.1) is 0 Å². The Hall–Kier alpha value is -1.99. The number of ketones is 1. The van der Waals surface area contributed by atoms with Gasteiger partial charge in [-0.15, -0.1) is 0 Å². The van der Waals surface area contributed by atoms with Gasteiger partial charge in [0.15, 0.2) is 5.78 Å². The van der Waals surface area contributed by atoms with Gasteiger partial charge in [-0.3, -0.25) is 9.89 Å². The van der Waals surface area contributed by atoms with Crippen LogP contribution in [0.1, 0.15) is 41.7 Å². The van der Waals surface area contributed by atoms with Crippen molar-refractivity contribution in [2.45, 2.75) is 30.6 Å². The van der Waals surface area contributed by atoms with Crippen LogP contribution in [0.15, 0.2) is 41.4 Å². The molecule has 0 amide bonds. The van der Waals surface area contributed by atoms with Crippen LogP contribution in [-0.2, 0) is 10.0 Å². The second-order valence-electron chi connectivity index (χ2n) is 5.80. The fraction of sp³-hybridized carbons (Fsp3) is 0.375. The zero-order valence-electron chi connectivity index (χ0n) is 12.9. The van der Waals surface area contributed by atoms with E-state index >= 15 is 0 Å². The van der Waals surface area contributed by atoms with Crippen molar-refractivity contribution in [3.63, 3.8) is 0 Å². The summed E-state index contributed by atoms with van der Waals surface area (Å²) in [5.41, 5.74) is 1.37. The van der Waals surface area contributed by atoms with Crippen LogP contribution in [0.2, 0.25) is 0 Å². The SMILES string of the molecule is CC(=O)c1cccc(S(=O)(=O)N2CCCC(c3ccn[nH]3)C2)c1. The zero-order valence-corrected chi connectivity index (χ0v) is 13.7. The lowest BCUT2D eigenvalue weighted by atomic mass is 9.96. The second-order valence-corrected chi connectivity index (χ2v) is 7.74. The van der Waals surface area contributed by atoms with E-state index in [1.165, 1.54) is 17.3 Å². The maximum Gasteiger partial charge on any atom is 0.243 e. The third-order valence-corrected chi connectivity index (χ3v) is 6.09. The molecule has 1 aliphatic heterocycles. The summed E-state index contributed by atoms with van der Waals surface area (Å²) >= 11 is 0. The molecule has 122 valence electrons. The minimum atomic E-state index is -3.60. The predicted molar refractivity (Wildman–Crippen MR) is 85.8 cm³/mol. The molecule has 23 heavy (non-hydrogen) atoms. The molecule has 1 N–H and O–H groups in total. The summed E-state index contributed by atoms with van der Waals surface area (Å²) < 4.78 is 27.2. The van der Waals surface area contributed by atoms with E-state index in [-0.39, 0.29) is 16.6 Å². The average Bonchev–Trinajstić information content (AvgIpc) is 3.09. The smallest absolute Gasteiger partial charge is 0.243 e. The van der Waals surface area contributed by atoms with Crippen molar-refractivity contribution in [3.8, 4) is 0 Å². The fourth-order valence-electron chi connectivity index (χ4n) is 2.93. The number of carbonyl (C=O) groups excluding carboxylic acids is 1. The number of Topliss-reactive ketones (excluding diaryl/α,β-unsaturated/α-hetero) is 1. The number of hydrogen-bond acceptors (Lipinski definition) is 4. The van der Waals surface area contributed by atoms with Crippen LogP contribution in [0.5, 0.6) is 0 Å². The molecule has 0 aliphatic carbocycles. The van der Waals surface area contributed by atoms with Crippen LogP contribution in [-0.4, -0.2) is 41.8 Å². The normalized spacial score (nSPS) is 19.6. The van der Waals surface area contributed by atoms with Crippen molar-refractivity contribution in [2.75, 3.05) is 13.1 Å². The van der Waals surface area contributed by atoms with Gasteiger partial charge in [-0.1, -0.05) is 12.1 Å². The Morgan fingerprint density at radius 3 is 2.87 bits per heavy atom. The highest BCUT2D eigenvalue weighted by molar-refractivity contribution is 7.89. The van der Waals surface area contributed by atoms with Crippen LogP contribution in [0.25, 0.3) is 0 Å². The van der Waals surface area contributed by atoms with Gasteiger partial charge in [0, 0.05) is 36.5 Å². The molecule has 0 radical (unpaired) electrons. The molecule has 0 saturated carbocycles. The van der Waals surface area contributed by atoms with Crippen molar-refractivity contribution in [3.05, 3.63) is 47.8 Å². The Kier molecular flexibility index (Phi) is 4.32. The minimum absolute atomic E-state index is 0.122. The molecule has 6 nitrogen and oxygen atoms in total. The van der Waals surface area contributed by atoms with Gasteiger partial charge in [0.2, 0.25) is 10.0 Å². The minimum Gasteiger partial charge on any atom is -0.295 e. The van der Waals surface area contributed by atoms with Gasteiger partial charge in [0.05, 0.1) is 4.90 Å². The van der Waals surface area contributed by atoms with Gasteiger partial charge in [-0.25, -0.2) is 8.42 Å². The maximum absolute atomic E-state index is 12.9. The van der Waals surface area contributed by atoms with Gasteiger partial charge in [-0.2, -0.15) is 9.40 Å². The summed E-state index contributed by atoms with van der Waals surface area (Å²) in [6, 6.07) is 8.13. The van der Waals surface area contributed by atoms with Crippen LogP contribution in [0.3, 0.4) is 0 Å². The Morgan fingerprint density at radius 2 is 2.17 bits per heavy atom. The number of nitrogens with one attached hydrogen (secondary N) is 1. The fourth-order valence-corrected chi connectivity index (χ4v) is 4.50. The third-order valence-electron chi connectivity index (χ3n) is 4.22. The zero-order chi connectivity index (χ0) is 16.4. The number of piperidine rings is 1. The van der Waals surface area contributed by atoms with Gasteiger partial charge in [0.25, 0.3) is 0 Å². The van der Waals surface area contributed by atoms with Gasteiger partial charge in [0.1, 0.15) is 0 Å². The van der Waals surface area contributed by atoms with E-state index < -0.39 is 10.0 Å². The monoisotopic (exact) mass is 333 g/mol. The molecule has 1 aromatic heterocycles. The molecule has 1 aliphatic rings. The van der Waals surface area contributed by atoms with Crippen molar-refractivity contribution in [2.24, 2.45) is 0 Å². The molecule has 2 aromatic rings. The quantitative estimate of drug-likeness (QED) is 0.869. The molecule has 7 heteroatoms. The highest BCUT2D eigenvalue weighted by atomic mass is 32.2. The van der Waals surface area contributed by atoms with Crippen LogP contribution < -0.4 is 0 Å². The molecule has 1 unspecified atom stereocenters. The molecule has 0 spiro atoms. The highest BCUT2D eigenvalue weighted by Gasteiger charge is 2.31. The van der Waals surface area contributed by atoms with E-state index in [0.717, 1.165) is 18.5 Å². The van der Waals surface area contributed by atoms with Crippen molar-refractivity contribution in [1.29, 1.82) is 0 Å². The number of aromatic amines is 1. The molecule has 3 rings (SSSR count). The lowest BCUT2D eigenvalue weighted by Gasteiger charge is -2.31. The summed E-state index contributed by atoms with van der Waals surface area (Å²) in [4.78, 5) is 11.7. The summed E-state index contributed by atoms with van der Waals surface area (Å²) in [6.45, 7) is 2.35. The van der Waals surface area contributed by atoms with Gasteiger partial charge in [-0.05, 0) is 38.0 Å². The van der Waals surface area contributed by atoms with Gasteiger partial charge >= 0.3 is 0 Å². The number of carbonyl (C=O) groups is 1. The van der Waals surface area contributed by atoms with E-state index in [9.17, 15) is 13.2 Å². The number of aromatic nitrogens is 2. The summed E-state index contributed by atoms with van der Waals surface area (Å²) in [6.07, 6.45) is 3.41. The number of nitrogens with zero attached hydrogens (tertiary/aromatic N) is 2. The average molecular weight is 333 g/mol. The Bertz CT molecular complexity index is 800. The lowest BCUT2D eigenvalue weighted by Crippen LogP contribution is -2.39. The first-order valence-electron chi connectivity index (χ1n) is 7.59. The van der Waals surface area contributed by atoms with Crippen LogP contribution in [0.4, 0.5) is 0 Å². The first-order chi connectivity index (χ1) is 11.0. The largest absolute Gasteiger partial charge is 0.295 e. The summed E-state index contributed by atoms with van der Waals surface area (Å²) in [5.74, 6) is -0.0203. The summed E-state index contributed by atoms with van der Waals surface area (Å²) in [5, 5.41) is 6.87. The first kappa shape index (κ1) is 15.9. The third kappa shape index (κ3) is 3.20. The van der Waals surface area contributed by atoms with E-state index in [1.807, 2.05) is 6.07 Å². The van der Waals surface area contributed by atoms with Crippen molar-refractivity contribution < 1.29 is 13.2 Å². The second kappa shape index (κ2) is 6.25. The molecule has 1 atom stereocenters. The number of benzene rings is 1. The first-order valence-corrected chi connectivity index (χ1v) is 9.03. The van der Waals surface area contributed by atoms with E-state index in [4.69, 9.17) is 0 Å². The molecule has 1 saturated heterocycles. The molecule has 2 heterocycles. The van der Waals surface area contributed by atoms with E-state index in [0.29, 0.717) is 18.7 Å². The molecule has 1 fully saturated rings. The molecular formula is C16H19N3O3S. The molecule has 0 bridgehead atoms. The van der Waals surface area contributed by atoms with E-state index in [2.05, 4.69) is 10.2 Å². The standard InChI is InChI=1S/C16H19N3O3S/c1-12(20)13-4-2-6-15(10-13)23(21,22)19-9-3-5-14(11-19)16-7-8-17-18-16/h2,4,6-8,10,14H,3,5,9,11H2,1H3,(H,17,18). The number of rotatable bonds is 4. The summed E-state index contributed by atoms with van der Waals surface area (Å²) in [7, 11) is -3.60. The van der Waals surface area contributed by atoms with Gasteiger partial charge < -0.3 is 0 Å². The highest BCUT2D eigenvalue weighted by Crippen LogP contribution is 2.29. The number of sulfonamides is 1. The number of hydrogen-bond donors (Lipinski definition) is 1. The Morgan fingerprint density at radius 1 is 1.35 bits per heavy atom. The Labute approximate surface area is 135 Å². The van der Waals surface area contributed by atoms with Crippen LogP contribution >= 0.6 is 0 Å². The van der Waals surface area contributed by atoms with E-state index in [1.54, 1.807) is 24.4 Å². The van der Waals surface area contributed by atoms with Crippen molar-refractivity contribution >= 4 is 15.8 Å². The maximum atomic E-state index is 12.9. The lowest BCUT2D eigenvalue weighted by molar-refractivity contribution is 0.101. The molecular weight excluding hydrogens is 314 g/mol. The Balaban J connectivity index is 1.87. The molecule has 1 aromatic carbocycles. The van der Waals surface area contributed by atoms with Crippen molar-refractivity contribution in [1.82, 2.24) is 14.5 Å². The topological polar surface area (TPSA) is 83.1 Å². The number of H-pyrrole nitrogens is 1.